The number of likely N-dealkylation sites (tertiary alicyclic amines) is 1. The highest BCUT2D eigenvalue weighted by Gasteiger charge is 2.18. The van der Waals surface area contributed by atoms with Gasteiger partial charge in [0.25, 0.3) is 0 Å². The summed E-state index contributed by atoms with van der Waals surface area (Å²) in [5.74, 6) is 0.900. The Morgan fingerprint density at radius 2 is 2.18 bits per heavy atom. The Morgan fingerprint density at radius 3 is 2.94 bits per heavy atom. The highest BCUT2D eigenvalue weighted by Crippen LogP contribution is 2.20. The number of alkyl halides is 1. The molecule has 1 fully saturated rings. The summed E-state index contributed by atoms with van der Waals surface area (Å²) in [4.78, 5) is 2.59. The molecule has 1 aliphatic rings. The molecule has 3 nitrogen and oxygen atoms in total. The average Bonchev–Trinajstić information content (AvgIpc) is 2.35. The third kappa shape index (κ3) is 7.39. The van der Waals surface area contributed by atoms with Crippen molar-refractivity contribution in [2.45, 2.75) is 25.7 Å². The fraction of sp³-hybridized carbons (Fsp3) is 1.00. The van der Waals surface area contributed by atoms with Crippen molar-refractivity contribution in [1.29, 1.82) is 0 Å². The standard InChI is InChI=1S/C13H26BrNO2/c1-16-10-11-17-9-3-8-15-7-2-4-13(12-15)5-6-14/h13H,2-12H2,1H3. The summed E-state index contributed by atoms with van der Waals surface area (Å²) >= 11 is 3.54. The molecule has 1 rings (SSSR count). The van der Waals surface area contributed by atoms with Crippen LogP contribution in [0.15, 0.2) is 0 Å². The maximum absolute atomic E-state index is 5.48. The molecule has 1 heterocycles. The van der Waals surface area contributed by atoms with Gasteiger partial charge in [0, 0.05) is 32.1 Å². The molecule has 0 bridgehead atoms. The van der Waals surface area contributed by atoms with Crippen LogP contribution in [-0.4, -0.2) is 56.8 Å². The van der Waals surface area contributed by atoms with Crippen molar-refractivity contribution < 1.29 is 9.47 Å². The summed E-state index contributed by atoms with van der Waals surface area (Å²) in [6.07, 6.45) is 5.24. The lowest BCUT2D eigenvalue weighted by molar-refractivity contribution is 0.0623. The molecular weight excluding hydrogens is 282 g/mol. The van der Waals surface area contributed by atoms with Gasteiger partial charge in [-0.05, 0) is 38.1 Å². The number of rotatable bonds is 9. The second-order valence-electron chi connectivity index (χ2n) is 4.75. The van der Waals surface area contributed by atoms with Gasteiger partial charge in [0.05, 0.1) is 13.2 Å². The van der Waals surface area contributed by atoms with Crippen molar-refractivity contribution in [1.82, 2.24) is 4.90 Å². The van der Waals surface area contributed by atoms with Crippen LogP contribution in [-0.2, 0) is 9.47 Å². The van der Waals surface area contributed by atoms with Gasteiger partial charge < -0.3 is 14.4 Å². The van der Waals surface area contributed by atoms with Crippen LogP contribution in [0.2, 0.25) is 0 Å². The maximum Gasteiger partial charge on any atom is 0.0700 e. The Kier molecular flexibility index (Phi) is 9.34. The van der Waals surface area contributed by atoms with E-state index < -0.39 is 0 Å². The van der Waals surface area contributed by atoms with Gasteiger partial charge >= 0.3 is 0 Å². The van der Waals surface area contributed by atoms with Gasteiger partial charge in [0.2, 0.25) is 0 Å². The number of piperidine rings is 1. The van der Waals surface area contributed by atoms with Crippen molar-refractivity contribution >= 4 is 15.9 Å². The molecule has 0 aromatic carbocycles. The third-order valence-corrected chi connectivity index (χ3v) is 3.77. The van der Waals surface area contributed by atoms with E-state index in [2.05, 4.69) is 20.8 Å². The Hall–Kier alpha value is 0.360. The van der Waals surface area contributed by atoms with Crippen LogP contribution in [0.25, 0.3) is 0 Å². The van der Waals surface area contributed by atoms with Crippen LogP contribution in [0.5, 0.6) is 0 Å². The zero-order valence-corrected chi connectivity index (χ0v) is 12.6. The van der Waals surface area contributed by atoms with Crippen molar-refractivity contribution in [3.8, 4) is 0 Å². The minimum Gasteiger partial charge on any atom is -0.382 e. The molecule has 17 heavy (non-hydrogen) atoms. The molecular formula is C13H26BrNO2. The summed E-state index contributed by atoms with van der Waals surface area (Å²) in [5.41, 5.74) is 0. The smallest absolute Gasteiger partial charge is 0.0700 e. The van der Waals surface area contributed by atoms with Gasteiger partial charge in [-0.15, -0.1) is 0 Å². The van der Waals surface area contributed by atoms with E-state index in [4.69, 9.17) is 9.47 Å². The van der Waals surface area contributed by atoms with E-state index in [1.54, 1.807) is 7.11 Å². The van der Waals surface area contributed by atoms with Crippen LogP contribution in [0.4, 0.5) is 0 Å². The summed E-state index contributed by atoms with van der Waals surface area (Å²) in [5, 5.41) is 1.14. The molecule has 102 valence electrons. The number of hydrogen-bond acceptors (Lipinski definition) is 3. The van der Waals surface area contributed by atoms with E-state index in [0.29, 0.717) is 6.61 Å². The third-order valence-electron chi connectivity index (χ3n) is 3.32. The zero-order valence-electron chi connectivity index (χ0n) is 11.0. The summed E-state index contributed by atoms with van der Waals surface area (Å²) < 4.78 is 10.4. The van der Waals surface area contributed by atoms with Crippen LogP contribution < -0.4 is 0 Å². The maximum atomic E-state index is 5.48. The Morgan fingerprint density at radius 1 is 1.29 bits per heavy atom. The fourth-order valence-corrected chi connectivity index (χ4v) is 3.03. The zero-order chi connectivity index (χ0) is 12.3. The van der Waals surface area contributed by atoms with E-state index in [1.165, 1.54) is 38.9 Å². The second kappa shape index (κ2) is 10.3. The first-order valence-corrected chi connectivity index (χ1v) is 7.84. The molecule has 1 saturated heterocycles. The molecule has 0 aromatic heterocycles. The molecule has 0 saturated carbocycles. The Bertz CT molecular complexity index is 179. The number of ether oxygens (including phenoxy) is 2. The molecule has 0 aromatic rings. The van der Waals surface area contributed by atoms with Crippen LogP contribution >= 0.6 is 15.9 Å². The first-order chi connectivity index (χ1) is 8.36. The molecule has 0 spiro atoms. The van der Waals surface area contributed by atoms with Gasteiger partial charge in [0.1, 0.15) is 0 Å². The van der Waals surface area contributed by atoms with E-state index in [-0.39, 0.29) is 0 Å². The van der Waals surface area contributed by atoms with Gasteiger partial charge in [-0.2, -0.15) is 0 Å². The van der Waals surface area contributed by atoms with Crippen molar-refractivity contribution in [3.05, 3.63) is 0 Å². The number of hydrogen-bond donors (Lipinski definition) is 0. The lowest BCUT2D eigenvalue weighted by Gasteiger charge is -2.32. The fourth-order valence-electron chi connectivity index (χ4n) is 2.38. The largest absolute Gasteiger partial charge is 0.382 e. The molecule has 0 amide bonds. The highest BCUT2D eigenvalue weighted by atomic mass is 79.9. The normalized spacial score (nSPS) is 21.9. The second-order valence-corrected chi connectivity index (χ2v) is 5.54. The summed E-state index contributed by atoms with van der Waals surface area (Å²) in [6, 6.07) is 0. The molecule has 0 radical (unpaired) electrons. The van der Waals surface area contributed by atoms with Gasteiger partial charge in [-0.25, -0.2) is 0 Å². The van der Waals surface area contributed by atoms with Crippen LogP contribution in [0.3, 0.4) is 0 Å². The first-order valence-electron chi connectivity index (χ1n) is 6.71. The molecule has 1 aliphatic heterocycles. The van der Waals surface area contributed by atoms with Crippen molar-refractivity contribution in [3.63, 3.8) is 0 Å². The molecule has 0 N–H and O–H groups in total. The van der Waals surface area contributed by atoms with Crippen LogP contribution in [0, 0.1) is 5.92 Å². The molecule has 1 unspecified atom stereocenters. The lowest BCUT2D eigenvalue weighted by atomic mass is 9.95. The molecule has 4 heteroatoms. The number of nitrogens with zero attached hydrogens (tertiary/aromatic N) is 1. The number of halogens is 1. The van der Waals surface area contributed by atoms with Gasteiger partial charge in [0.15, 0.2) is 0 Å². The predicted molar refractivity (Wildman–Crippen MR) is 74.9 cm³/mol. The van der Waals surface area contributed by atoms with Crippen molar-refractivity contribution in [2.75, 3.05) is 51.9 Å². The van der Waals surface area contributed by atoms with Gasteiger partial charge in [-0.1, -0.05) is 15.9 Å². The average molecular weight is 308 g/mol. The summed E-state index contributed by atoms with van der Waals surface area (Å²) in [7, 11) is 1.71. The predicted octanol–water partition coefficient (Wildman–Crippen LogP) is 2.54. The first kappa shape index (κ1) is 15.4. The SMILES string of the molecule is COCCOCCCN1CCCC(CCBr)C1. The van der Waals surface area contributed by atoms with Crippen molar-refractivity contribution in [2.24, 2.45) is 5.92 Å². The van der Waals surface area contributed by atoms with E-state index in [1.807, 2.05) is 0 Å². The molecule has 1 atom stereocenters. The van der Waals surface area contributed by atoms with E-state index in [0.717, 1.165) is 30.9 Å². The number of methoxy groups -OCH3 is 1. The van der Waals surface area contributed by atoms with E-state index in [9.17, 15) is 0 Å². The Labute approximate surface area is 114 Å². The van der Waals surface area contributed by atoms with E-state index >= 15 is 0 Å². The monoisotopic (exact) mass is 307 g/mol. The molecule has 0 aliphatic carbocycles. The highest BCUT2D eigenvalue weighted by molar-refractivity contribution is 9.09. The summed E-state index contributed by atoms with van der Waals surface area (Å²) in [6.45, 7) is 6.04. The lowest BCUT2D eigenvalue weighted by Crippen LogP contribution is -2.36. The Balaban J connectivity index is 1.98. The van der Waals surface area contributed by atoms with Gasteiger partial charge in [-0.3, -0.25) is 0 Å². The minimum absolute atomic E-state index is 0.705. The topological polar surface area (TPSA) is 21.7 Å². The quantitative estimate of drug-likeness (QED) is 0.483. The van der Waals surface area contributed by atoms with Crippen LogP contribution in [0.1, 0.15) is 25.7 Å². The minimum atomic E-state index is 0.705.